The summed E-state index contributed by atoms with van der Waals surface area (Å²) >= 11 is 0. The largest absolute Gasteiger partial charge is 0.318 e. The van der Waals surface area contributed by atoms with Gasteiger partial charge in [0.25, 0.3) is 0 Å². The smallest absolute Gasteiger partial charge is 0.314 e. The zero-order valence-corrected chi connectivity index (χ0v) is 15.2. The van der Waals surface area contributed by atoms with Gasteiger partial charge in [0.05, 0.1) is 0 Å². The van der Waals surface area contributed by atoms with Crippen molar-refractivity contribution in [3.63, 3.8) is 0 Å². The highest BCUT2D eigenvalue weighted by Gasteiger charge is 2.16. The first-order valence-corrected chi connectivity index (χ1v) is 8.54. The molecule has 0 saturated heterocycles. The molecule has 132 valence electrons. The van der Waals surface area contributed by atoms with E-state index in [0.717, 1.165) is 16.3 Å². The molecule has 0 fully saturated rings. The highest BCUT2D eigenvalue weighted by molar-refractivity contribution is 6.43. The fraction of sp³-hybridized carbons (Fsp3) is 0.182. The minimum absolute atomic E-state index is 0.0377. The Bertz CT molecular complexity index is 954. The first-order valence-electron chi connectivity index (χ1n) is 8.54. The van der Waals surface area contributed by atoms with Crippen LogP contribution in [0.5, 0.6) is 0 Å². The van der Waals surface area contributed by atoms with Crippen molar-refractivity contribution in [1.29, 1.82) is 0 Å². The van der Waals surface area contributed by atoms with Crippen LogP contribution < -0.4 is 10.6 Å². The summed E-state index contributed by atoms with van der Waals surface area (Å²) in [5.74, 6) is -1.39. The molecule has 0 unspecified atom stereocenters. The molecule has 2 amide bonds. The molecule has 4 nitrogen and oxygen atoms in total. The number of carbonyl (C=O) groups is 2. The molecule has 3 rings (SSSR count). The molecule has 0 radical (unpaired) electrons. The molecule has 0 aliphatic carbocycles. The predicted molar refractivity (Wildman–Crippen MR) is 106 cm³/mol. The second-order valence-electron chi connectivity index (χ2n) is 7.30. The third-order valence-corrected chi connectivity index (χ3v) is 4.22. The van der Waals surface area contributed by atoms with Gasteiger partial charge in [0.15, 0.2) is 0 Å². The summed E-state index contributed by atoms with van der Waals surface area (Å²) in [7, 11) is 0. The average molecular weight is 346 g/mol. The van der Waals surface area contributed by atoms with Crippen LogP contribution in [0.4, 0.5) is 11.4 Å². The van der Waals surface area contributed by atoms with Gasteiger partial charge in [0.1, 0.15) is 0 Å². The Morgan fingerprint density at radius 2 is 1.23 bits per heavy atom. The molecule has 0 aliphatic rings. The van der Waals surface area contributed by atoms with Crippen molar-refractivity contribution < 1.29 is 9.59 Å². The van der Waals surface area contributed by atoms with Gasteiger partial charge in [-0.25, -0.2) is 0 Å². The van der Waals surface area contributed by atoms with E-state index in [0.29, 0.717) is 11.4 Å². The molecule has 2 N–H and O–H groups in total. The van der Waals surface area contributed by atoms with E-state index >= 15 is 0 Å². The quantitative estimate of drug-likeness (QED) is 0.660. The van der Waals surface area contributed by atoms with Gasteiger partial charge in [-0.1, -0.05) is 63.2 Å². The fourth-order valence-corrected chi connectivity index (χ4v) is 2.70. The number of rotatable bonds is 2. The number of anilines is 2. The highest BCUT2D eigenvalue weighted by Crippen LogP contribution is 2.23. The van der Waals surface area contributed by atoms with E-state index in [1.54, 1.807) is 6.07 Å². The van der Waals surface area contributed by atoms with Crippen molar-refractivity contribution in [2.24, 2.45) is 0 Å². The number of hydrogen-bond donors (Lipinski definition) is 2. The van der Waals surface area contributed by atoms with E-state index in [4.69, 9.17) is 0 Å². The minimum Gasteiger partial charge on any atom is -0.318 e. The van der Waals surface area contributed by atoms with Crippen molar-refractivity contribution >= 4 is 34.0 Å². The van der Waals surface area contributed by atoms with Crippen LogP contribution in [-0.2, 0) is 15.0 Å². The third kappa shape index (κ3) is 4.09. The Morgan fingerprint density at radius 1 is 0.692 bits per heavy atom. The van der Waals surface area contributed by atoms with E-state index < -0.39 is 11.8 Å². The van der Waals surface area contributed by atoms with Gasteiger partial charge >= 0.3 is 11.8 Å². The lowest BCUT2D eigenvalue weighted by atomic mass is 9.87. The van der Waals surface area contributed by atoms with Crippen molar-refractivity contribution in [2.75, 3.05) is 10.6 Å². The van der Waals surface area contributed by atoms with E-state index in [9.17, 15) is 9.59 Å². The van der Waals surface area contributed by atoms with E-state index in [1.165, 1.54) is 0 Å². The molecule has 3 aromatic rings. The molecule has 0 bridgehead atoms. The summed E-state index contributed by atoms with van der Waals surface area (Å²) in [6, 6.07) is 20.9. The number of hydrogen-bond acceptors (Lipinski definition) is 2. The monoisotopic (exact) mass is 346 g/mol. The number of benzene rings is 3. The van der Waals surface area contributed by atoms with Crippen LogP contribution in [0.2, 0.25) is 0 Å². The maximum absolute atomic E-state index is 12.2. The van der Waals surface area contributed by atoms with E-state index in [2.05, 4.69) is 31.4 Å². The Labute approximate surface area is 153 Å². The van der Waals surface area contributed by atoms with Crippen LogP contribution in [0.15, 0.2) is 66.7 Å². The first kappa shape index (κ1) is 17.7. The average Bonchev–Trinajstić information content (AvgIpc) is 2.61. The van der Waals surface area contributed by atoms with Crippen LogP contribution in [0.25, 0.3) is 10.8 Å². The molecule has 0 saturated carbocycles. The van der Waals surface area contributed by atoms with Crippen LogP contribution in [0.3, 0.4) is 0 Å². The topological polar surface area (TPSA) is 58.2 Å². The van der Waals surface area contributed by atoms with Gasteiger partial charge in [-0.15, -0.1) is 0 Å². The number of nitrogens with one attached hydrogen (secondary N) is 2. The Morgan fingerprint density at radius 3 is 1.85 bits per heavy atom. The lowest BCUT2D eigenvalue weighted by Gasteiger charge is -2.19. The zero-order chi connectivity index (χ0) is 18.7. The molecule has 0 atom stereocenters. The molecule has 4 heteroatoms. The van der Waals surface area contributed by atoms with Crippen LogP contribution in [0, 0.1) is 0 Å². The molecule has 3 aromatic carbocycles. The van der Waals surface area contributed by atoms with Crippen LogP contribution in [0.1, 0.15) is 26.3 Å². The SMILES string of the molecule is CC(C)(C)c1ccc(NC(=O)C(=O)Nc2ccc3ccccc3c2)cc1. The Balaban J connectivity index is 1.66. The highest BCUT2D eigenvalue weighted by atomic mass is 16.2. The van der Waals surface area contributed by atoms with Gasteiger partial charge in [-0.3, -0.25) is 9.59 Å². The fourth-order valence-electron chi connectivity index (χ4n) is 2.70. The third-order valence-electron chi connectivity index (χ3n) is 4.22. The number of fused-ring (bicyclic) bond motifs is 1. The molecule has 0 aromatic heterocycles. The van der Waals surface area contributed by atoms with Crippen molar-refractivity contribution in [3.8, 4) is 0 Å². The molecular weight excluding hydrogens is 324 g/mol. The lowest BCUT2D eigenvalue weighted by Crippen LogP contribution is -2.29. The number of carbonyl (C=O) groups excluding carboxylic acids is 2. The van der Waals surface area contributed by atoms with E-state index in [-0.39, 0.29) is 5.41 Å². The van der Waals surface area contributed by atoms with Gasteiger partial charge in [0.2, 0.25) is 0 Å². The second kappa shape index (κ2) is 7.00. The molecular formula is C22H22N2O2. The van der Waals surface area contributed by atoms with Gasteiger partial charge in [0, 0.05) is 11.4 Å². The van der Waals surface area contributed by atoms with Gasteiger partial charge in [-0.2, -0.15) is 0 Å². The van der Waals surface area contributed by atoms with Crippen LogP contribution >= 0.6 is 0 Å². The molecule has 0 aliphatic heterocycles. The van der Waals surface area contributed by atoms with Crippen molar-refractivity contribution in [2.45, 2.75) is 26.2 Å². The Kier molecular flexibility index (Phi) is 4.76. The molecule has 0 spiro atoms. The summed E-state index contributed by atoms with van der Waals surface area (Å²) in [6.07, 6.45) is 0. The minimum atomic E-state index is -0.694. The number of amides is 2. The first-order chi connectivity index (χ1) is 12.3. The predicted octanol–water partition coefficient (Wildman–Crippen LogP) is 4.71. The maximum atomic E-state index is 12.2. The normalized spacial score (nSPS) is 11.2. The van der Waals surface area contributed by atoms with Crippen molar-refractivity contribution in [3.05, 3.63) is 72.3 Å². The van der Waals surface area contributed by atoms with Gasteiger partial charge < -0.3 is 10.6 Å². The standard InChI is InChI=1S/C22H22N2O2/c1-22(2,3)17-9-12-18(13-10-17)23-20(25)21(26)24-19-11-8-15-6-4-5-7-16(15)14-19/h4-14H,1-3H3,(H,23,25)(H,24,26). The summed E-state index contributed by atoms with van der Waals surface area (Å²) in [5, 5.41) is 7.35. The van der Waals surface area contributed by atoms with Gasteiger partial charge in [-0.05, 0) is 46.0 Å². The lowest BCUT2D eigenvalue weighted by molar-refractivity contribution is -0.132. The van der Waals surface area contributed by atoms with Crippen LogP contribution in [-0.4, -0.2) is 11.8 Å². The van der Waals surface area contributed by atoms with E-state index in [1.807, 2.05) is 60.7 Å². The zero-order valence-electron chi connectivity index (χ0n) is 15.2. The summed E-state index contributed by atoms with van der Waals surface area (Å²) in [5.41, 5.74) is 2.38. The second-order valence-corrected chi connectivity index (χ2v) is 7.30. The maximum Gasteiger partial charge on any atom is 0.314 e. The molecule has 0 heterocycles. The van der Waals surface area contributed by atoms with Crippen molar-refractivity contribution in [1.82, 2.24) is 0 Å². The summed E-state index contributed by atoms with van der Waals surface area (Å²) in [6.45, 7) is 6.37. The summed E-state index contributed by atoms with van der Waals surface area (Å²) < 4.78 is 0. The summed E-state index contributed by atoms with van der Waals surface area (Å²) in [4.78, 5) is 24.3. The Hall–Kier alpha value is -3.14. The molecule has 26 heavy (non-hydrogen) atoms.